The molecule has 1 amide bonds. The zero-order chi connectivity index (χ0) is 16.5. The van der Waals surface area contributed by atoms with Crippen molar-refractivity contribution in [2.45, 2.75) is 32.6 Å². The largest absolute Gasteiger partial charge is 0.325 e. The van der Waals surface area contributed by atoms with Crippen LogP contribution >= 0.6 is 0 Å². The molecule has 0 aliphatic heterocycles. The van der Waals surface area contributed by atoms with Crippen molar-refractivity contribution < 1.29 is 4.79 Å². The standard InChI is InChI=1S/C20H26N2O/c1-16(2)18-10-12-19(13-11-18)22-20(23)15-21-14-6-9-17-7-4-3-5-8-17/h3-5,7-8,10-13,16,21H,6,9,14-15H2,1-2H3,(H,22,23). The maximum Gasteiger partial charge on any atom is 0.238 e. The van der Waals surface area contributed by atoms with E-state index in [2.05, 4.69) is 60.9 Å². The van der Waals surface area contributed by atoms with Crippen LogP contribution in [-0.4, -0.2) is 19.0 Å². The minimum absolute atomic E-state index is 0.00186. The predicted octanol–water partition coefficient (Wildman–Crippen LogP) is 3.97. The van der Waals surface area contributed by atoms with Gasteiger partial charge in [-0.05, 0) is 48.6 Å². The third-order valence-electron chi connectivity index (χ3n) is 3.81. The molecule has 0 unspecified atom stereocenters. The van der Waals surface area contributed by atoms with E-state index in [1.54, 1.807) is 0 Å². The highest BCUT2D eigenvalue weighted by atomic mass is 16.1. The van der Waals surface area contributed by atoms with Crippen molar-refractivity contribution in [2.75, 3.05) is 18.4 Å². The monoisotopic (exact) mass is 310 g/mol. The van der Waals surface area contributed by atoms with E-state index in [4.69, 9.17) is 0 Å². The van der Waals surface area contributed by atoms with Gasteiger partial charge in [-0.15, -0.1) is 0 Å². The van der Waals surface area contributed by atoms with Gasteiger partial charge in [0.2, 0.25) is 5.91 Å². The van der Waals surface area contributed by atoms with E-state index in [0.717, 1.165) is 25.1 Å². The highest BCUT2D eigenvalue weighted by Gasteiger charge is 2.03. The van der Waals surface area contributed by atoms with Crippen LogP contribution in [0.15, 0.2) is 54.6 Å². The number of rotatable bonds is 8. The number of nitrogens with one attached hydrogen (secondary N) is 2. The van der Waals surface area contributed by atoms with Gasteiger partial charge in [0.05, 0.1) is 6.54 Å². The SMILES string of the molecule is CC(C)c1ccc(NC(=O)CNCCCc2ccccc2)cc1. The molecule has 2 N–H and O–H groups in total. The Bertz CT molecular complexity index is 591. The average molecular weight is 310 g/mol. The minimum Gasteiger partial charge on any atom is -0.325 e. The Morgan fingerprint density at radius 1 is 1.00 bits per heavy atom. The van der Waals surface area contributed by atoms with Crippen LogP contribution in [0.1, 0.15) is 37.3 Å². The summed E-state index contributed by atoms with van der Waals surface area (Å²) >= 11 is 0. The number of anilines is 1. The fraction of sp³-hybridized carbons (Fsp3) is 0.350. The summed E-state index contributed by atoms with van der Waals surface area (Å²) < 4.78 is 0. The van der Waals surface area contributed by atoms with Crippen molar-refractivity contribution in [1.82, 2.24) is 5.32 Å². The van der Waals surface area contributed by atoms with Gasteiger partial charge >= 0.3 is 0 Å². The molecule has 0 radical (unpaired) electrons. The van der Waals surface area contributed by atoms with Gasteiger partial charge in [0.1, 0.15) is 0 Å². The second-order valence-corrected chi connectivity index (χ2v) is 6.09. The van der Waals surface area contributed by atoms with Gasteiger partial charge in [0, 0.05) is 5.69 Å². The second-order valence-electron chi connectivity index (χ2n) is 6.09. The molecule has 0 aliphatic carbocycles. The Morgan fingerprint density at radius 2 is 1.70 bits per heavy atom. The lowest BCUT2D eigenvalue weighted by molar-refractivity contribution is -0.115. The Kier molecular flexibility index (Phi) is 6.82. The van der Waals surface area contributed by atoms with E-state index in [1.807, 2.05) is 18.2 Å². The number of hydrogen-bond donors (Lipinski definition) is 2. The molecule has 0 saturated heterocycles. The molecular weight excluding hydrogens is 284 g/mol. The third kappa shape index (κ3) is 6.25. The molecule has 2 aromatic rings. The van der Waals surface area contributed by atoms with Crippen molar-refractivity contribution in [3.05, 3.63) is 65.7 Å². The molecule has 0 fully saturated rings. The molecule has 2 aromatic carbocycles. The minimum atomic E-state index is 0.00186. The van der Waals surface area contributed by atoms with Crippen molar-refractivity contribution in [3.8, 4) is 0 Å². The summed E-state index contributed by atoms with van der Waals surface area (Å²) in [5.41, 5.74) is 3.47. The van der Waals surface area contributed by atoms with Gasteiger partial charge in [-0.2, -0.15) is 0 Å². The number of benzene rings is 2. The lowest BCUT2D eigenvalue weighted by Crippen LogP contribution is -2.28. The van der Waals surface area contributed by atoms with Crippen LogP contribution < -0.4 is 10.6 Å². The summed E-state index contributed by atoms with van der Waals surface area (Å²) in [5.74, 6) is 0.507. The normalized spacial score (nSPS) is 10.7. The number of aryl methyl sites for hydroxylation is 1. The Hall–Kier alpha value is -2.13. The fourth-order valence-corrected chi connectivity index (χ4v) is 2.42. The molecule has 23 heavy (non-hydrogen) atoms. The molecule has 0 spiro atoms. The molecule has 0 saturated carbocycles. The van der Waals surface area contributed by atoms with E-state index in [0.29, 0.717) is 12.5 Å². The van der Waals surface area contributed by atoms with Crippen LogP contribution in [-0.2, 0) is 11.2 Å². The summed E-state index contributed by atoms with van der Waals surface area (Å²) in [6.45, 7) is 5.51. The van der Waals surface area contributed by atoms with Crippen LogP contribution in [0, 0.1) is 0 Å². The van der Waals surface area contributed by atoms with E-state index >= 15 is 0 Å². The molecule has 122 valence electrons. The number of carbonyl (C=O) groups excluding carboxylic acids is 1. The molecule has 0 atom stereocenters. The number of amides is 1. The van der Waals surface area contributed by atoms with Gasteiger partial charge in [0.25, 0.3) is 0 Å². The fourth-order valence-electron chi connectivity index (χ4n) is 2.42. The first kappa shape index (κ1) is 17.2. The molecule has 3 nitrogen and oxygen atoms in total. The number of carbonyl (C=O) groups is 1. The van der Waals surface area contributed by atoms with E-state index in [1.165, 1.54) is 11.1 Å². The highest BCUT2D eigenvalue weighted by Crippen LogP contribution is 2.16. The third-order valence-corrected chi connectivity index (χ3v) is 3.81. The van der Waals surface area contributed by atoms with E-state index < -0.39 is 0 Å². The Morgan fingerprint density at radius 3 is 2.35 bits per heavy atom. The zero-order valence-corrected chi connectivity index (χ0v) is 14.0. The maximum atomic E-state index is 11.9. The van der Waals surface area contributed by atoms with Crippen molar-refractivity contribution in [3.63, 3.8) is 0 Å². The Balaban J connectivity index is 1.63. The van der Waals surface area contributed by atoms with E-state index in [9.17, 15) is 4.79 Å². The summed E-state index contributed by atoms with van der Waals surface area (Å²) in [4.78, 5) is 11.9. The second kappa shape index (κ2) is 9.11. The van der Waals surface area contributed by atoms with E-state index in [-0.39, 0.29) is 5.91 Å². The first-order valence-corrected chi connectivity index (χ1v) is 8.29. The smallest absolute Gasteiger partial charge is 0.238 e. The van der Waals surface area contributed by atoms with Crippen LogP contribution in [0.4, 0.5) is 5.69 Å². The first-order chi connectivity index (χ1) is 11.1. The predicted molar refractivity (Wildman–Crippen MR) is 96.8 cm³/mol. The lowest BCUT2D eigenvalue weighted by atomic mass is 10.0. The van der Waals surface area contributed by atoms with Crippen molar-refractivity contribution in [1.29, 1.82) is 0 Å². The number of hydrogen-bond acceptors (Lipinski definition) is 2. The van der Waals surface area contributed by atoms with Gasteiger partial charge in [-0.25, -0.2) is 0 Å². The molecule has 3 heteroatoms. The zero-order valence-electron chi connectivity index (χ0n) is 14.0. The molecule has 2 rings (SSSR count). The lowest BCUT2D eigenvalue weighted by Gasteiger charge is -2.09. The molecule has 0 aliphatic rings. The summed E-state index contributed by atoms with van der Waals surface area (Å²) in [6.07, 6.45) is 2.06. The molecule has 0 aromatic heterocycles. The van der Waals surface area contributed by atoms with Crippen LogP contribution in [0.2, 0.25) is 0 Å². The van der Waals surface area contributed by atoms with Gasteiger partial charge in [0.15, 0.2) is 0 Å². The molecular formula is C20H26N2O. The van der Waals surface area contributed by atoms with Crippen LogP contribution in [0.25, 0.3) is 0 Å². The quantitative estimate of drug-likeness (QED) is 0.724. The molecule has 0 bridgehead atoms. The highest BCUT2D eigenvalue weighted by molar-refractivity contribution is 5.92. The summed E-state index contributed by atoms with van der Waals surface area (Å²) in [6, 6.07) is 18.5. The van der Waals surface area contributed by atoms with Crippen molar-refractivity contribution >= 4 is 11.6 Å². The maximum absolute atomic E-state index is 11.9. The molecule has 0 heterocycles. The van der Waals surface area contributed by atoms with Crippen molar-refractivity contribution in [2.24, 2.45) is 0 Å². The average Bonchev–Trinajstić information content (AvgIpc) is 2.56. The summed E-state index contributed by atoms with van der Waals surface area (Å²) in [7, 11) is 0. The first-order valence-electron chi connectivity index (χ1n) is 8.29. The van der Waals surface area contributed by atoms with Gasteiger partial charge < -0.3 is 10.6 Å². The summed E-state index contributed by atoms with van der Waals surface area (Å²) in [5, 5.41) is 6.11. The van der Waals surface area contributed by atoms with Gasteiger partial charge in [-0.1, -0.05) is 56.3 Å². The van der Waals surface area contributed by atoms with Crippen LogP contribution in [0.5, 0.6) is 0 Å². The van der Waals surface area contributed by atoms with Gasteiger partial charge in [-0.3, -0.25) is 4.79 Å². The van der Waals surface area contributed by atoms with Crippen LogP contribution in [0.3, 0.4) is 0 Å². The Labute approximate surface area is 139 Å². The topological polar surface area (TPSA) is 41.1 Å².